The van der Waals surface area contributed by atoms with Gasteiger partial charge in [-0.15, -0.1) is 0 Å². The van der Waals surface area contributed by atoms with E-state index in [1.165, 1.54) is 0 Å². The van der Waals surface area contributed by atoms with Crippen LogP contribution in [0.2, 0.25) is 0 Å². The number of nitrogens with one attached hydrogen (secondary N) is 2. The van der Waals surface area contributed by atoms with Gasteiger partial charge in [-0.3, -0.25) is 5.32 Å². The van der Waals surface area contributed by atoms with Crippen molar-refractivity contribution < 1.29 is 23.9 Å². The molecule has 1 aromatic rings. The summed E-state index contributed by atoms with van der Waals surface area (Å²) in [6, 6.07) is 9.61. The van der Waals surface area contributed by atoms with E-state index in [9.17, 15) is 4.39 Å². The van der Waals surface area contributed by atoms with Crippen LogP contribution in [0.25, 0.3) is 0 Å². The molecule has 143 valence electrons. The summed E-state index contributed by atoms with van der Waals surface area (Å²) in [5.41, 5.74) is 1.03. The molecular weight excluding hydrogens is 394 g/mol. The molecule has 0 aliphatic rings. The third kappa shape index (κ3) is 22.8. The molecule has 0 amide bonds. The topological polar surface area (TPSA) is 60.2 Å². The first-order chi connectivity index (χ1) is 10.9. The first-order valence-corrected chi connectivity index (χ1v) is 7.90. The first kappa shape index (κ1) is 34.0. The maximum Gasteiger partial charge on any atom is 0.205 e. The van der Waals surface area contributed by atoms with E-state index in [0.717, 1.165) is 5.56 Å². The van der Waals surface area contributed by atoms with E-state index in [0.29, 0.717) is 12.5 Å². The fourth-order valence-electron chi connectivity index (χ4n) is 1.11. The molecule has 0 aromatic heterocycles. The first-order valence-electron chi connectivity index (χ1n) is 7.90. The summed E-state index contributed by atoms with van der Waals surface area (Å²) in [5, 5.41) is 13.5. The number of rotatable bonds is 4. The Kier molecular flexibility index (Phi) is 47.0. The summed E-state index contributed by atoms with van der Waals surface area (Å²) in [5.74, 6) is 0.295. The average molecular weight is 428 g/mol. The second-order valence-corrected chi connectivity index (χ2v) is 3.00. The van der Waals surface area contributed by atoms with Crippen LogP contribution in [0.3, 0.4) is 0 Å². The second-order valence-electron chi connectivity index (χ2n) is 3.00. The molecule has 1 radical (unpaired) electrons. The summed E-state index contributed by atoms with van der Waals surface area (Å²) >= 11 is 0. The minimum Gasteiger partial charge on any atom is -0.358 e. The number of nitriles is 1. The summed E-state index contributed by atoms with van der Waals surface area (Å²) < 4.78 is 11.9. The van der Waals surface area contributed by atoms with Crippen molar-refractivity contribution in [1.82, 2.24) is 10.6 Å². The molecular formula is C18H34FN4Rh-. The number of alkyl halides is 1. The fourth-order valence-corrected chi connectivity index (χ4v) is 1.11. The van der Waals surface area contributed by atoms with Gasteiger partial charge in [0.2, 0.25) is 5.96 Å². The summed E-state index contributed by atoms with van der Waals surface area (Å²) in [6.07, 6.45) is 1.75. The van der Waals surface area contributed by atoms with Gasteiger partial charge < -0.3 is 12.7 Å². The fraction of sp³-hybridized carbons (Fsp3) is 0.500. The zero-order chi connectivity index (χ0) is 17.6. The number of guanidine groups is 1. The molecule has 0 spiro atoms. The van der Waals surface area contributed by atoms with Gasteiger partial charge in [-0.25, -0.2) is 9.38 Å². The molecule has 4 nitrogen and oxygen atoms in total. The molecule has 1 rings (SSSR count). The predicted molar refractivity (Wildman–Crippen MR) is 101 cm³/mol. The molecule has 0 unspecified atom stereocenters. The van der Waals surface area contributed by atoms with Crippen LogP contribution < -0.4 is 10.6 Å². The molecule has 0 saturated heterocycles. The van der Waals surface area contributed by atoms with Gasteiger partial charge in [0.25, 0.3) is 0 Å². The molecule has 0 saturated carbocycles. The SMILES string of the molecule is CC.CC.CC.N#CNC(=NCc1ccccc1)NCCF.[CH3-].[Rh]. The number of nitrogens with zero attached hydrogens (tertiary/aromatic N) is 2. The van der Waals surface area contributed by atoms with Gasteiger partial charge >= 0.3 is 0 Å². The standard InChI is InChI=1S/C11H13FN4.3C2H6.CH3.Rh/c12-6-7-14-11(16-9-13)15-8-10-4-2-1-3-5-10;3*1-2;;/h1-5H,6-8H2,(H2,14,15,16);3*1-2H3;1H3;/q;;;;-1;. The van der Waals surface area contributed by atoms with Gasteiger partial charge in [-0.1, -0.05) is 71.9 Å². The Morgan fingerprint density at radius 3 is 2.00 bits per heavy atom. The number of aliphatic imine (C=N–C) groups is 1. The summed E-state index contributed by atoms with van der Waals surface area (Å²) in [6.45, 7) is 12.1. The van der Waals surface area contributed by atoms with Gasteiger partial charge in [-0.2, -0.15) is 5.26 Å². The Labute approximate surface area is 161 Å². The van der Waals surface area contributed by atoms with Crippen LogP contribution in [-0.4, -0.2) is 19.2 Å². The van der Waals surface area contributed by atoms with Crippen LogP contribution in [0.1, 0.15) is 47.1 Å². The number of halogens is 1. The monoisotopic (exact) mass is 428 g/mol. The molecule has 2 N–H and O–H groups in total. The van der Waals surface area contributed by atoms with Crippen LogP contribution in [0, 0.1) is 18.9 Å². The third-order valence-electron chi connectivity index (χ3n) is 1.82. The Balaban J connectivity index is -0.000000135. The van der Waals surface area contributed by atoms with E-state index >= 15 is 0 Å². The van der Waals surface area contributed by atoms with Crippen LogP contribution in [0.4, 0.5) is 4.39 Å². The molecule has 24 heavy (non-hydrogen) atoms. The normalized spacial score (nSPS) is 7.83. The van der Waals surface area contributed by atoms with Crippen LogP contribution in [0.5, 0.6) is 0 Å². The van der Waals surface area contributed by atoms with Crippen LogP contribution in [0.15, 0.2) is 35.3 Å². The molecule has 0 aliphatic carbocycles. The van der Waals surface area contributed by atoms with Crippen molar-refractivity contribution >= 4 is 5.96 Å². The maximum absolute atomic E-state index is 11.9. The van der Waals surface area contributed by atoms with Gasteiger partial charge in [0, 0.05) is 26.0 Å². The third-order valence-corrected chi connectivity index (χ3v) is 1.82. The van der Waals surface area contributed by atoms with Crippen molar-refractivity contribution in [1.29, 1.82) is 5.26 Å². The van der Waals surface area contributed by atoms with Gasteiger partial charge in [0.15, 0.2) is 6.19 Å². The van der Waals surface area contributed by atoms with Crippen molar-refractivity contribution in [2.24, 2.45) is 4.99 Å². The Hall–Kier alpha value is -1.47. The summed E-state index contributed by atoms with van der Waals surface area (Å²) in [7, 11) is 0. The van der Waals surface area contributed by atoms with Crippen LogP contribution in [-0.2, 0) is 26.0 Å². The molecule has 0 heterocycles. The molecule has 0 atom stereocenters. The average Bonchev–Trinajstić information content (AvgIpc) is 2.63. The maximum atomic E-state index is 11.9. The zero-order valence-electron chi connectivity index (χ0n) is 16.1. The quantitative estimate of drug-likeness (QED) is 0.183. The molecule has 0 aliphatic heterocycles. The molecule has 6 heteroatoms. The molecule has 1 aromatic carbocycles. The Morgan fingerprint density at radius 2 is 1.58 bits per heavy atom. The van der Waals surface area contributed by atoms with Gasteiger partial charge in [-0.05, 0) is 5.56 Å². The van der Waals surface area contributed by atoms with Gasteiger partial charge in [0.05, 0.1) is 6.54 Å². The summed E-state index contributed by atoms with van der Waals surface area (Å²) in [4.78, 5) is 4.13. The van der Waals surface area contributed by atoms with E-state index in [2.05, 4.69) is 15.6 Å². The van der Waals surface area contributed by atoms with Crippen molar-refractivity contribution in [2.75, 3.05) is 13.2 Å². The second kappa shape index (κ2) is 33.2. The van der Waals surface area contributed by atoms with Gasteiger partial charge in [0.1, 0.15) is 6.67 Å². The molecule has 0 fully saturated rings. The number of hydrogen-bond donors (Lipinski definition) is 2. The Bertz CT molecular complexity index is 378. The predicted octanol–water partition coefficient (Wildman–Crippen LogP) is 4.70. The van der Waals surface area contributed by atoms with Crippen molar-refractivity contribution in [3.05, 3.63) is 43.3 Å². The van der Waals surface area contributed by atoms with E-state index in [-0.39, 0.29) is 33.4 Å². The van der Waals surface area contributed by atoms with E-state index in [1.54, 1.807) is 6.19 Å². The minimum absolute atomic E-state index is 0. The number of benzene rings is 1. The van der Waals surface area contributed by atoms with Crippen molar-refractivity contribution in [3.63, 3.8) is 0 Å². The Morgan fingerprint density at radius 1 is 1.08 bits per heavy atom. The van der Waals surface area contributed by atoms with E-state index < -0.39 is 6.67 Å². The number of hydrogen-bond acceptors (Lipinski definition) is 2. The smallest absolute Gasteiger partial charge is 0.205 e. The van der Waals surface area contributed by atoms with Crippen molar-refractivity contribution in [3.8, 4) is 6.19 Å². The van der Waals surface area contributed by atoms with Crippen molar-refractivity contribution in [2.45, 2.75) is 48.1 Å². The zero-order valence-corrected chi connectivity index (χ0v) is 17.8. The van der Waals surface area contributed by atoms with Crippen LogP contribution >= 0.6 is 0 Å². The minimum atomic E-state index is -0.503. The van der Waals surface area contributed by atoms with E-state index in [1.807, 2.05) is 71.9 Å². The molecule has 0 bridgehead atoms. The van der Waals surface area contributed by atoms with E-state index in [4.69, 9.17) is 5.26 Å². The largest absolute Gasteiger partial charge is 0.358 e.